The number of aryl methyl sites for hydroxylation is 1. The number of nitrogens with one attached hydrogen (secondary N) is 1. The van der Waals surface area contributed by atoms with E-state index in [1.54, 1.807) is 7.11 Å². The molecule has 0 aliphatic carbocycles. The summed E-state index contributed by atoms with van der Waals surface area (Å²) in [6.07, 6.45) is 1.06. The van der Waals surface area contributed by atoms with Crippen molar-refractivity contribution in [3.8, 4) is 5.75 Å². The van der Waals surface area contributed by atoms with Gasteiger partial charge in [-0.3, -0.25) is 4.98 Å². The van der Waals surface area contributed by atoms with E-state index in [0.29, 0.717) is 0 Å². The summed E-state index contributed by atoms with van der Waals surface area (Å²) >= 11 is 0. The lowest BCUT2D eigenvalue weighted by Crippen LogP contribution is -2.26. The van der Waals surface area contributed by atoms with Crippen molar-refractivity contribution >= 4 is 0 Å². The van der Waals surface area contributed by atoms with Crippen LogP contribution in [0.1, 0.15) is 22.5 Å². The molecule has 1 aromatic heterocycles. The first-order valence-electron chi connectivity index (χ1n) is 4.97. The largest absolute Gasteiger partial charge is 0.495 e. The first kappa shape index (κ1) is 9.46. The third-order valence-electron chi connectivity index (χ3n) is 2.82. The first-order valence-corrected chi connectivity index (χ1v) is 4.97. The van der Waals surface area contributed by atoms with E-state index in [2.05, 4.69) is 17.2 Å². The van der Waals surface area contributed by atoms with Gasteiger partial charge in [-0.1, -0.05) is 0 Å². The van der Waals surface area contributed by atoms with E-state index < -0.39 is 0 Å². The molecule has 14 heavy (non-hydrogen) atoms. The van der Waals surface area contributed by atoms with Crippen LogP contribution in [0.3, 0.4) is 0 Å². The molecule has 1 aromatic rings. The maximum Gasteiger partial charge on any atom is 0.143 e. The number of hydrogen-bond donors (Lipinski definition) is 1. The number of pyridine rings is 1. The molecular formula is C11H16N2O. The number of aromatic nitrogens is 1. The van der Waals surface area contributed by atoms with Crippen molar-refractivity contribution in [2.24, 2.45) is 0 Å². The maximum atomic E-state index is 5.36. The minimum Gasteiger partial charge on any atom is -0.495 e. The zero-order valence-electron chi connectivity index (χ0n) is 8.98. The molecular weight excluding hydrogens is 176 g/mol. The Morgan fingerprint density at radius 3 is 2.86 bits per heavy atom. The lowest BCUT2D eigenvalue weighted by atomic mass is 9.99. The number of methoxy groups -OCH3 is 1. The molecule has 0 radical (unpaired) electrons. The molecule has 0 atom stereocenters. The van der Waals surface area contributed by atoms with Gasteiger partial charge >= 0.3 is 0 Å². The second kappa shape index (κ2) is 3.58. The van der Waals surface area contributed by atoms with Crippen molar-refractivity contribution in [3.05, 3.63) is 22.5 Å². The minimum absolute atomic E-state index is 0.890. The van der Waals surface area contributed by atoms with Gasteiger partial charge in [0, 0.05) is 6.54 Å². The second-order valence-corrected chi connectivity index (χ2v) is 3.71. The Morgan fingerprint density at radius 1 is 1.36 bits per heavy atom. The molecule has 0 bridgehead atoms. The van der Waals surface area contributed by atoms with E-state index in [1.807, 2.05) is 6.92 Å². The van der Waals surface area contributed by atoms with Gasteiger partial charge in [-0.05, 0) is 37.9 Å². The highest BCUT2D eigenvalue weighted by Gasteiger charge is 2.17. The maximum absolute atomic E-state index is 5.36. The van der Waals surface area contributed by atoms with E-state index in [0.717, 1.165) is 31.0 Å². The van der Waals surface area contributed by atoms with Crippen LogP contribution in [0.4, 0.5) is 0 Å². The van der Waals surface area contributed by atoms with Gasteiger partial charge in [-0.2, -0.15) is 0 Å². The Labute approximate surface area is 84.5 Å². The van der Waals surface area contributed by atoms with Crippen LogP contribution >= 0.6 is 0 Å². The summed E-state index contributed by atoms with van der Waals surface area (Å²) in [5.74, 6) is 0.950. The third-order valence-corrected chi connectivity index (χ3v) is 2.82. The zero-order valence-corrected chi connectivity index (χ0v) is 8.98. The van der Waals surface area contributed by atoms with Crippen LogP contribution in [0.5, 0.6) is 5.75 Å². The van der Waals surface area contributed by atoms with Gasteiger partial charge in [0.05, 0.1) is 18.5 Å². The number of nitrogens with zero attached hydrogens (tertiary/aromatic N) is 1. The standard InChI is InChI=1S/C11H16N2O/c1-7-9-4-5-12-6-10(9)13-8(2)11(7)14-3/h12H,4-6H2,1-3H3. The molecule has 0 fully saturated rings. The van der Waals surface area contributed by atoms with Gasteiger partial charge in [0.15, 0.2) is 0 Å². The number of fused-ring (bicyclic) bond motifs is 1. The van der Waals surface area contributed by atoms with Crippen LogP contribution in [0, 0.1) is 13.8 Å². The normalized spacial score (nSPS) is 15.1. The lowest BCUT2D eigenvalue weighted by Gasteiger charge is -2.21. The minimum atomic E-state index is 0.890. The highest BCUT2D eigenvalue weighted by Crippen LogP contribution is 2.27. The van der Waals surface area contributed by atoms with E-state index in [-0.39, 0.29) is 0 Å². The monoisotopic (exact) mass is 192 g/mol. The molecule has 0 saturated carbocycles. The quantitative estimate of drug-likeness (QED) is 0.729. The number of rotatable bonds is 1. The molecule has 0 spiro atoms. The van der Waals surface area contributed by atoms with Crippen LogP contribution < -0.4 is 10.1 Å². The molecule has 2 heterocycles. The van der Waals surface area contributed by atoms with Gasteiger partial charge in [0.1, 0.15) is 5.75 Å². The third kappa shape index (κ3) is 1.38. The Hall–Kier alpha value is -1.09. The Bertz CT molecular complexity index is 361. The van der Waals surface area contributed by atoms with Gasteiger partial charge < -0.3 is 10.1 Å². The SMILES string of the molecule is COc1c(C)nc2c(c1C)CCNC2. The molecule has 3 heteroatoms. The van der Waals surface area contributed by atoms with Crippen LogP contribution in [-0.2, 0) is 13.0 Å². The van der Waals surface area contributed by atoms with Crippen molar-refractivity contribution in [2.45, 2.75) is 26.8 Å². The molecule has 1 aliphatic heterocycles. The second-order valence-electron chi connectivity index (χ2n) is 3.71. The van der Waals surface area contributed by atoms with Crippen LogP contribution in [0.2, 0.25) is 0 Å². The average Bonchev–Trinajstić information content (AvgIpc) is 2.18. The highest BCUT2D eigenvalue weighted by atomic mass is 16.5. The topological polar surface area (TPSA) is 34.1 Å². The molecule has 1 N–H and O–H groups in total. The average molecular weight is 192 g/mol. The lowest BCUT2D eigenvalue weighted by molar-refractivity contribution is 0.403. The summed E-state index contributed by atoms with van der Waals surface area (Å²) in [5, 5.41) is 3.33. The molecule has 0 aromatic carbocycles. The fraction of sp³-hybridized carbons (Fsp3) is 0.545. The van der Waals surface area contributed by atoms with Crippen molar-refractivity contribution in [1.29, 1.82) is 0 Å². The Morgan fingerprint density at radius 2 is 2.14 bits per heavy atom. The van der Waals surface area contributed by atoms with E-state index in [1.165, 1.54) is 16.8 Å². The smallest absolute Gasteiger partial charge is 0.143 e. The highest BCUT2D eigenvalue weighted by molar-refractivity contribution is 5.45. The Kier molecular flexibility index (Phi) is 2.42. The molecule has 0 amide bonds. The fourth-order valence-electron chi connectivity index (χ4n) is 2.14. The van der Waals surface area contributed by atoms with E-state index in [4.69, 9.17) is 4.74 Å². The predicted octanol–water partition coefficient (Wildman–Crippen LogP) is 1.35. The van der Waals surface area contributed by atoms with Gasteiger partial charge in [0.2, 0.25) is 0 Å². The molecule has 2 rings (SSSR count). The summed E-state index contributed by atoms with van der Waals surface area (Å²) in [6, 6.07) is 0. The summed E-state index contributed by atoms with van der Waals surface area (Å²) in [5.41, 5.74) is 4.81. The zero-order chi connectivity index (χ0) is 10.1. The van der Waals surface area contributed by atoms with Gasteiger partial charge in [-0.25, -0.2) is 0 Å². The van der Waals surface area contributed by atoms with Crippen molar-refractivity contribution < 1.29 is 4.74 Å². The fourth-order valence-corrected chi connectivity index (χ4v) is 2.14. The van der Waals surface area contributed by atoms with Gasteiger partial charge in [-0.15, -0.1) is 0 Å². The van der Waals surface area contributed by atoms with Crippen LogP contribution in [-0.4, -0.2) is 18.6 Å². The van der Waals surface area contributed by atoms with Crippen LogP contribution in [0.15, 0.2) is 0 Å². The van der Waals surface area contributed by atoms with Gasteiger partial charge in [0.25, 0.3) is 0 Å². The molecule has 76 valence electrons. The summed E-state index contributed by atoms with van der Waals surface area (Å²) < 4.78 is 5.36. The molecule has 0 unspecified atom stereocenters. The molecule has 0 saturated heterocycles. The van der Waals surface area contributed by atoms with Crippen molar-refractivity contribution in [1.82, 2.24) is 10.3 Å². The summed E-state index contributed by atoms with van der Waals surface area (Å²) in [7, 11) is 1.71. The van der Waals surface area contributed by atoms with E-state index >= 15 is 0 Å². The Balaban J connectivity index is 2.57. The number of ether oxygens (including phenoxy) is 1. The van der Waals surface area contributed by atoms with E-state index in [9.17, 15) is 0 Å². The first-order chi connectivity index (χ1) is 6.74. The predicted molar refractivity (Wildman–Crippen MR) is 55.7 cm³/mol. The number of hydrogen-bond acceptors (Lipinski definition) is 3. The van der Waals surface area contributed by atoms with Crippen molar-refractivity contribution in [3.63, 3.8) is 0 Å². The molecule has 3 nitrogen and oxygen atoms in total. The summed E-state index contributed by atoms with van der Waals surface area (Å²) in [6.45, 7) is 6.06. The molecule has 1 aliphatic rings. The van der Waals surface area contributed by atoms with Crippen molar-refractivity contribution in [2.75, 3.05) is 13.7 Å². The summed E-state index contributed by atoms with van der Waals surface area (Å²) in [4.78, 5) is 4.56. The van der Waals surface area contributed by atoms with Crippen LogP contribution in [0.25, 0.3) is 0 Å².